The van der Waals surface area contributed by atoms with Gasteiger partial charge in [0.05, 0.1) is 0 Å². The summed E-state index contributed by atoms with van der Waals surface area (Å²) in [6, 6.07) is 36.6. The van der Waals surface area contributed by atoms with Gasteiger partial charge in [-0.05, 0) is 78.2 Å². The molecule has 0 aliphatic heterocycles. The van der Waals surface area contributed by atoms with Crippen LogP contribution in [0.15, 0.2) is 97.1 Å². The second kappa shape index (κ2) is 11.4. The van der Waals surface area contributed by atoms with Crippen molar-refractivity contribution in [3.8, 4) is 11.1 Å². The van der Waals surface area contributed by atoms with Crippen LogP contribution in [0, 0.1) is 0 Å². The molecule has 7 rings (SSSR count). The summed E-state index contributed by atoms with van der Waals surface area (Å²) < 4.78 is 0. The van der Waals surface area contributed by atoms with E-state index in [9.17, 15) is 0 Å². The van der Waals surface area contributed by atoms with Crippen molar-refractivity contribution < 1.29 is 0 Å². The van der Waals surface area contributed by atoms with Crippen molar-refractivity contribution in [2.24, 2.45) is 0 Å². The minimum absolute atomic E-state index is 0.424. The Hall–Kier alpha value is -3.16. The van der Waals surface area contributed by atoms with Crippen molar-refractivity contribution in [3.63, 3.8) is 0 Å². The van der Waals surface area contributed by atoms with Crippen LogP contribution in [0.3, 0.4) is 0 Å². The zero-order valence-corrected chi connectivity index (χ0v) is 24.8. The van der Waals surface area contributed by atoms with E-state index in [1.165, 1.54) is 112 Å². The third-order valence-corrected chi connectivity index (χ3v) is 9.83. The van der Waals surface area contributed by atoms with Crippen molar-refractivity contribution in [2.45, 2.75) is 63.7 Å². The van der Waals surface area contributed by atoms with E-state index in [1.807, 2.05) is 0 Å². The molecule has 0 saturated carbocycles. The summed E-state index contributed by atoms with van der Waals surface area (Å²) in [5.74, 6) is 0.424. The quantitative estimate of drug-likeness (QED) is 0.0852. The van der Waals surface area contributed by atoms with Gasteiger partial charge in [-0.2, -0.15) is 0 Å². The van der Waals surface area contributed by atoms with Crippen molar-refractivity contribution in [2.75, 3.05) is 5.33 Å². The van der Waals surface area contributed by atoms with E-state index in [-0.39, 0.29) is 0 Å². The molecular weight excluding hydrogens is 548 g/mol. The van der Waals surface area contributed by atoms with Gasteiger partial charge in [-0.3, -0.25) is 0 Å². The van der Waals surface area contributed by atoms with Gasteiger partial charge in [0.1, 0.15) is 0 Å². The van der Waals surface area contributed by atoms with Crippen LogP contribution in [0.5, 0.6) is 0 Å². The van der Waals surface area contributed by atoms with E-state index < -0.39 is 0 Å². The van der Waals surface area contributed by atoms with E-state index in [1.54, 1.807) is 11.1 Å². The standard InChI is InChI=1S/C39H37Br/c40-26-16-6-4-2-1-3-5-7-25-35-36-31-21-12-8-17-27(31)29-19-10-14-23-33(29)38(36)39-34-24-15-11-20-30(34)28-18-9-13-22-32(28)37(35)39/h8-15,17-24,35H,1-7,16,25-26H2. The number of rotatable bonds is 10. The van der Waals surface area contributed by atoms with Gasteiger partial charge in [-0.25, -0.2) is 0 Å². The highest BCUT2D eigenvalue weighted by molar-refractivity contribution is 9.09. The van der Waals surface area contributed by atoms with Crippen molar-refractivity contribution >= 4 is 59.0 Å². The van der Waals surface area contributed by atoms with Gasteiger partial charge in [-0.1, -0.05) is 158 Å². The van der Waals surface area contributed by atoms with Crippen molar-refractivity contribution in [3.05, 3.63) is 108 Å². The lowest BCUT2D eigenvalue weighted by Crippen LogP contribution is -2.00. The normalized spacial score (nSPS) is 13.0. The predicted octanol–water partition coefficient (Wildman–Crippen LogP) is 12.3. The topological polar surface area (TPSA) is 0 Å². The molecule has 40 heavy (non-hydrogen) atoms. The lowest BCUT2D eigenvalue weighted by Gasteiger charge is -2.19. The summed E-state index contributed by atoms with van der Waals surface area (Å²) in [7, 11) is 0. The van der Waals surface area contributed by atoms with Gasteiger partial charge in [-0.15, -0.1) is 0 Å². The number of hydrogen-bond donors (Lipinski definition) is 0. The van der Waals surface area contributed by atoms with Gasteiger partial charge in [0.15, 0.2) is 0 Å². The molecule has 0 amide bonds. The molecule has 0 bridgehead atoms. The maximum Gasteiger partial charge on any atom is 0.0114 e. The highest BCUT2D eigenvalue weighted by atomic mass is 79.9. The number of unbranched alkanes of at least 4 members (excludes halogenated alkanes) is 7. The van der Waals surface area contributed by atoms with Crippen LogP contribution in [-0.4, -0.2) is 5.33 Å². The van der Waals surface area contributed by atoms with Crippen molar-refractivity contribution in [1.82, 2.24) is 0 Å². The molecule has 0 spiro atoms. The van der Waals surface area contributed by atoms with Crippen LogP contribution >= 0.6 is 15.9 Å². The van der Waals surface area contributed by atoms with Crippen LogP contribution in [0.25, 0.3) is 54.2 Å². The van der Waals surface area contributed by atoms with E-state index >= 15 is 0 Å². The zero-order chi connectivity index (χ0) is 26.9. The molecule has 1 heteroatoms. The van der Waals surface area contributed by atoms with E-state index in [2.05, 4.69) is 113 Å². The lowest BCUT2D eigenvalue weighted by molar-refractivity contribution is 0.555. The molecule has 0 heterocycles. The Bertz CT molecular complexity index is 1700. The predicted molar refractivity (Wildman–Crippen MR) is 179 cm³/mol. The first-order valence-electron chi connectivity index (χ1n) is 15.3. The Balaban J connectivity index is 1.38. The Morgan fingerprint density at radius 3 is 1.12 bits per heavy atom. The smallest absolute Gasteiger partial charge is 0.0114 e. The fourth-order valence-corrected chi connectivity index (χ4v) is 7.93. The van der Waals surface area contributed by atoms with Crippen molar-refractivity contribution in [1.29, 1.82) is 0 Å². The number of alkyl halides is 1. The fraction of sp³-hybridized carbons (Fsp3) is 0.282. The Labute approximate surface area is 246 Å². The number of fused-ring (bicyclic) bond motifs is 13. The zero-order valence-electron chi connectivity index (χ0n) is 23.3. The molecule has 6 aromatic carbocycles. The number of benzene rings is 6. The first kappa shape index (κ1) is 25.8. The van der Waals surface area contributed by atoms with Gasteiger partial charge < -0.3 is 0 Å². The number of hydrogen-bond acceptors (Lipinski definition) is 0. The minimum Gasteiger partial charge on any atom is -0.0928 e. The maximum absolute atomic E-state index is 3.56. The minimum atomic E-state index is 0.424. The fourth-order valence-electron chi connectivity index (χ4n) is 7.54. The van der Waals surface area contributed by atoms with E-state index in [0.717, 1.165) is 5.33 Å². The summed E-state index contributed by atoms with van der Waals surface area (Å²) in [6.45, 7) is 0. The molecule has 1 aliphatic rings. The summed E-state index contributed by atoms with van der Waals surface area (Å²) in [6.07, 6.45) is 12.0. The van der Waals surface area contributed by atoms with Crippen LogP contribution in [0.2, 0.25) is 0 Å². The first-order valence-corrected chi connectivity index (χ1v) is 16.4. The Kier molecular flexibility index (Phi) is 7.33. The highest BCUT2D eigenvalue weighted by Gasteiger charge is 2.35. The molecule has 0 N–H and O–H groups in total. The SMILES string of the molecule is BrCCCCCCCCCCC1c2c(c3ccccc3c3ccccc23)-c2c1c1ccccc1c1ccccc21. The summed E-state index contributed by atoms with van der Waals surface area (Å²) >= 11 is 3.56. The largest absolute Gasteiger partial charge is 0.0928 e. The second-order valence-corrected chi connectivity index (χ2v) is 12.4. The average molecular weight is 586 g/mol. The van der Waals surface area contributed by atoms with E-state index in [4.69, 9.17) is 0 Å². The molecule has 0 nitrogen and oxygen atoms in total. The molecule has 0 atom stereocenters. The van der Waals surface area contributed by atoms with Gasteiger partial charge in [0.2, 0.25) is 0 Å². The van der Waals surface area contributed by atoms with Crippen LogP contribution in [0.4, 0.5) is 0 Å². The maximum atomic E-state index is 3.56. The molecule has 0 unspecified atom stereocenters. The molecule has 200 valence electrons. The molecule has 0 radical (unpaired) electrons. The third-order valence-electron chi connectivity index (χ3n) is 9.27. The molecule has 1 aliphatic carbocycles. The van der Waals surface area contributed by atoms with Gasteiger partial charge in [0, 0.05) is 11.2 Å². The Morgan fingerprint density at radius 1 is 0.375 bits per heavy atom. The van der Waals surface area contributed by atoms with E-state index in [0.29, 0.717) is 5.92 Å². The molecular formula is C39H37Br. The average Bonchev–Trinajstić information content (AvgIpc) is 3.36. The van der Waals surface area contributed by atoms with Crippen LogP contribution in [-0.2, 0) is 0 Å². The summed E-state index contributed by atoms with van der Waals surface area (Å²) in [5, 5.41) is 12.4. The molecule has 0 saturated heterocycles. The van der Waals surface area contributed by atoms with Gasteiger partial charge in [0.25, 0.3) is 0 Å². The second-order valence-electron chi connectivity index (χ2n) is 11.6. The first-order chi connectivity index (χ1) is 19.9. The molecule has 0 fully saturated rings. The highest BCUT2D eigenvalue weighted by Crippen LogP contribution is 2.57. The van der Waals surface area contributed by atoms with Crippen LogP contribution in [0.1, 0.15) is 74.8 Å². The van der Waals surface area contributed by atoms with Crippen LogP contribution < -0.4 is 0 Å². The molecule has 0 aromatic heterocycles. The summed E-state index contributed by atoms with van der Waals surface area (Å²) in [5.41, 5.74) is 6.12. The van der Waals surface area contributed by atoms with Gasteiger partial charge >= 0.3 is 0 Å². The Morgan fingerprint density at radius 2 is 0.700 bits per heavy atom. The monoisotopic (exact) mass is 584 g/mol. The number of halogens is 1. The third kappa shape index (κ3) is 4.34. The molecule has 6 aromatic rings. The summed E-state index contributed by atoms with van der Waals surface area (Å²) in [4.78, 5) is 0. The lowest BCUT2D eigenvalue weighted by atomic mass is 9.84.